The smallest absolute Gasteiger partial charge is 0.225 e. The highest BCUT2D eigenvalue weighted by molar-refractivity contribution is 6.35. The van der Waals surface area contributed by atoms with Crippen molar-refractivity contribution >= 4 is 40.7 Å². The third-order valence-electron chi connectivity index (χ3n) is 5.40. The third kappa shape index (κ3) is 1.76. The first-order chi connectivity index (χ1) is 11.4. The number of imidazole rings is 1. The largest absolute Gasteiger partial charge is 0.343 e. The zero-order valence-electron chi connectivity index (χ0n) is 12.9. The number of fused-ring (bicyclic) bond motifs is 4. The molecule has 0 N–H and O–H groups in total. The number of hydrogen-bond donors (Lipinski definition) is 0. The van der Waals surface area contributed by atoms with Crippen LogP contribution in [0.4, 0.5) is 0 Å². The standard InChI is InChI=1S/C15H14Cl2N4O3/c1-14(2)23-9-8(6-3-15(6,4-22)10(9)24-14)21-5-18-7-11(16)19-13(17)20-12(7)21/h4-6,8-10H,3H2,1-2H3/t6-,8-,9+,10+,15-/m1/s1. The van der Waals surface area contributed by atoms with Crippen molar-refractivity contribution in [2.75, 3.05) is 0 Å². The molecule has 0 spiro atoms. The Morgan fingerprint density at radius 3 is 2.88 bits per heavy atom. The molecule has 2 aliphatic carbocycles. The van der Waals surface area contributed by atoms with Gasteiger partial charge in [0.1, 0.15) is 24.0 Å². The molecule has 3 fully saturated rings. The number of carbonyl (C=O) groups is 1. The summed E-state index contributed by atoms with van der Waals surface area (Å²) in [5, 5.41) is 0.268. The van der Waals surface area contributed by atoms with Gasteiger partial charge in [0.05, 0.1) is 17.8 Å². The summed E-state index contributed by atoms with van der Waals surface area (Å²) in [4.78, 5) is 24.3. The number of nitrogens with zero attached hydrogens (tertiary/aromatic N) is 4. The van der Waals surface area contributed by atoms with Gasteiger partial charge in [-0.05, 0) is 37.8 Å². The fraction of sp³-hybridized carbons (Fsp3) is 0.600. The molecule has 0 bridgehead atoms. The maximum absolute atomic E-state index is 11.8. The van der Waals surface area contributed by atoms with Crippen LogP contribution in [0.25, 0.3) is 11.2 Å². The lowest BCUT2D eigenvalue weighted by Gasteiger charge is -2.24. The first-order valence-corrected chi connectivity index (χ1v) is 8.49. The van der Waals surface area contributed by atoms with E-state index >= 15 is 0 Å². The second-order valence-electron chi connectivity index (χ2n) is 7.16. The first-order valence-electron chi connectivity index (χ1n) is 7.74. The van der Waals surface area contributed by atoms with Crippen molar-refractivity contribution in [2.24, 2.45) is 11.3 Å². The summed E-state index contributed by atoms with van der Waals surface area (Å²) in [5.74, 6) is -0.594. The number of ether oxygens (including phenoxy) is 2. The van der Waals surface area contributed by atoms with Crippen LogP contribution in [-0.4, -0.2) is 43.8 Å². The Labute approximate surface area is 147 Å². The molecule has 126 valence electrons. The van der Waals surface area contributed by atoms with Gasteiger partial charge in [-0.25, -0.2) is 9.97 Å². The van der Waals surface area contributed by atoms with E-state index in [2.05, 4.69) is 15.0 Å². The van der Waals surface area contributed by atoms with E-state index in [-0.39, 0.29) is 34.6 Å². The normalized spacial score (nSPS) is 39.0. The van der Waals surface area contributed by atoms with Crippen LogP contribution in [0.1, 0.15) is 26.3 Å². The van der Waals surface area contributed by atoms with E-state index in [0.29, 0.717) is 11.2 Å². The van der Waals surface area contributed by atoms with Crippen LogP contribution < -0.4 is 0 Å². The van der Waals surface area contributed by atoms with Crippen molar-refractivity contribution in [3.63, 3.8) is 0 Å². The Morgan fingerprint density at radius 2 is 2.12 bits per heavy atom. The Balaban J connectivity index is 1.66. The molecular formula is C15H14Cl2N4O3. The van der Waals surface area contributed by atoms with Crippen LogP contribution in [0.2, 0.25) is 10.4 Å². The topological polar surface area (TPSA) is 79.1 Å². The van der Waals surface area contributed by atoms with E-state index in [9.17, 15) is 4.79 Å². The Kier molecular flexibility index (Phi) is 2.79. The SMILES string of the molecule is CC1(C)O[C@H]2[C@H](n3cnc4c(Cl)nc(Cl)nc43)[C@H]3C[C@]3(C=O)[C@H]2O1. The highest BCUT2D eigenvalue weighted by Crippen LogP contribution is 2.70. The Bertz CT molecular complexity index is 885. The van der Waals surface area contributed by atoms with E-state index in [1.165, 1.54) is 0 Å². The summed E-state index contributed by atoms with van der Waals surface area (Å²) in [6, 6.07) is -0.103. The molecule has 0 unspecified atom stereocenters. The third-order valence-corrected chi connectivity index (χ3v) is 5.84. The molecule has 5 rings (SSSR count). The summed E-state index contributed by atoms with van der Waals surface area (Å²) in [7, 11) is 0. The zero-order valence-corrected chi connectivity index (χ0v) is 14.5. The minimum atomic E-state index is -0.724. The summed E-state index contributed by atoms with van der Waals surface area (Å²) < 4.78 is 14.0. The lowest BCUT2D eigenvalue weighted by atomic mass is 10.0. The molecule has 1 saturated heterocycles. The molecule has 2 aromatic rings. The number of aldehydes is 1. The molecule has 0 aromatic carbocycles. The molecule has 24 heavy (non-hydrogen) atoms. The fourth-order valence-corrected chi connectivity index (χ4v) is 4.82. The molecule has 3 heterocycles. The van der Waals surface area contributed by atoms with Crippen LogP contribution in [0, 0.1) is 11.3 Å². The molecule has 2 aromatic heterocycles. The van der Waals surface area contributed by atoms with Crippen LogP contribution in [-0.2, 0) is 14.3 Å². The average molecular weight is 369 g/mol. The molecule has 9 heteroatoms. The lowest BCUT2D eigenvalue weighted by Crippen LogP contribution is -2.32. The Hall–Kier alpha value is -1.28. The van der Waals surface area contributed by atoms with Crippen LogP contribution >= 0.6 is 23.2 Å². The summed E-state index contributed by atoms with van der Waals surface area (Å²) >= 11 is 12.1. The van der Waals surface area contributed by atoms with Gasteiger partial charge in [0.15, 0.2) is 16.6 Å². The highest BCUT2D eigenvalue weighted by atomic mass is 35.5. The van der Waals surface area contributed by atoms with Gasteiger partial charge in [-0.2, -0.15) is 4.98 Å². The molecular weight excluding hydrogens is 355 g/mol. The van der Waals surface area contributed by atoms with Crippen molar-refractivity contribution in [3.8, 4) is 0 Å². The average Bonchev–Trinajstić information content (AvgIpc) is 2.78. The number of hydrogen-bond acceptors (Lipinski definition) is 6. The number of halogens is 2. The quantitative estimate of drug-likeness (QED) is 0.460. The first kappa shape index (κ1) is 15.0. The maximum atomic E-state index is 11.8. The molecule has 2 saturated carbocycles. The number of carbonyl (C=O) groups excluding carboxylic acids is 1. The van der Waals surface area contributed by atoms with Crippen molar-refractivity contribution in [1.82, 2.24) is 19.5 Å². The van der Waals surface area contributed by atoms with E-state index in [4.69, 9.17) is 32.7 Å². The second-order valence-corrected chi connectivity index (χ2v) is 7.86. The van der Waals surface area contributed by atoms with Crippen LogP contribution in [0.15, 0.2) is 6.33 Å². The van der Waals surface area contributed by atoms with Gasteiger partial charge in [0.2, 0.25) is 5.28 Å². The predicted molar refractivity (Wildman–Crippen MR) is 84.8 cm³/mol. The highest BCUT2D eigenvalue weighted by Gasteiger charge is 2.76. The van der Waals surface area contributed by atoms with Gasteiger partial charge in [-0.15, -0.1) is 0 Å². The number of aromatic nitrogens is 4. The lowest BCUT2D eigenvalue weighted by molar-refractivity contribution is -0.161. The van der Waals surface area contributed by atoms with Crippen molar-refractivity contribution in [3.05, 3.63) is 16.8 Å². The van der Waals surface area contributed by atoms with Crippen molar-refractivity contribution < 1.29 is 14.3 Å². The second kappa shape index (κ2) is 4.46. The van der Waals surface area contributed by atoms with Crippen molar-refractivity contribution in [2.45, 2.75) is 44.3 Å². The van der Waals surface area contributed by atoms with Gasteiger partial charge < -0.3 is 18.8 Å². The van der Waals surface area contributed by atoms with E-state index in [0.717, 1.165) is 12.7 Å². The molecule has 0 amide bonds. The van der Waals surface area contributed by atoms with E-state index in [1.807, 2.05) is 18.4 Å². The van der Waals surface area contributed by atoms with E-state index in [1.54, 1.807) is 6.33 Å². The van der Waals surface area contributed by atoms with Gasteiger partial charge in [0, 0.05) is 0 Å². The summed E-state index contributed by atoms with van der Waals surface area (Å²) in [5.41, 5.74) is 0.547. The van der Waals surface area contributed by atoms with Crippen LogP contribution in [0.5, 0.6) is 0 Å². The molecule has 3 aliphatic rings. The van der Waals surface area contributed by atoms with Gasteiger partial charge in [-0.1, -0.05) is 11.6 Å². The summed E-state index contributed by atoms with van der Waals surface area (Å²) in [6.07, 6.45) is 2.96. The predicted octanol–water partition coefficient (Wildman–Crippen LogP) is 2.41. The Morgan fingerprint density at radius 1 is 1.33 bits per heavy atom. The minimum Gasteiger partial charge on any atom is -0.343 e. The molecule has 7 nitrogen and oxygen atoms in total. The monoisotopic (exact) mass is 368 g/mol. The van der Waals surface area contributed by atoms with Crippen molar-refractivity contribution in [1.29, 1.82) is 0 Å². The zero-order chi connectivity index (χ0) is 16.9. The van der Waals surface area contributed by atoms with Crippen LogP contribution in [0.3, 0.4) is 0 Å². The summed E-state index contributed by atoms with van der Waals surface area (Å²) in [6.45, 7) is 3.72. The maximum Gasteiger partial charge on any atom is 0.225 e. The fourth-order valence-electron chi connectivity index (χ4n) is 4.40. The van der Waals surface area contributed by atoms with Gasteiger partial charge in [-0.3, -0.25) is 0 Å². The number of rotatable bonds is 2. The van der Waals surface area contributed by atoms with E-state index < -0.39 is 11.2 Å². The molecule has 5 atom stereocenters. The molecule has 1 aliphatic heterocycles. The molecule has 0 radical (unpaired) electrons. The minimum absolute atomic E-state index is 0.0603. The van der Waals surface area contributed by atoms with Gasteiger partial charge in [0.25, 0.3) is 0 Å². The van der Waals surface area contributed by atoms with Gasteiger partial charge >= 0.3 is 0 Å².